The molecule has 45 heavy (non-hydrogen) atoms. The summed E-state index contributed by atoms with van der Waals surface area (Å²) in [4.78, 5) is 0. The first-order valence-electron chi connectivity index (χ1n) is 16.6. The highest BCUT2D eigenvalue weighted by Gasteiger charge is 2.45. The third kappa shape index (κ3) is 6.51. The number of hydrogen-bond acceptors (Lipinski definition) is 2. The maximum Gasteiger partial charge on any atom is 0.0387 e. The van der Waals surface area contributed by atoms with E-state index in [0.29, 0.717) is 0 Å². The van der Waals surface area contributed by atoms with Crippen molar-refractivity contribution in [1.29, 1.82) is 0 Å². The highest BCUT2D eigenvalue weighted by atomic mass is 14.9. The molecule has 3 N–H and O–H groups in total. The second-order valence-electron chi connectivity index (χ2n) is 11.2. The van der Waals surface area contributed by atoms with Gasteiger partial charge < -0.3 is 11.1 Å². The first-order valence-corrected chi connectivity index (χ1v) is 16.6. The number of para-hydroxylation sites is 1. The number of nitrogens with two attached hydrogens (primary N) is 1. The molecule has 0 heterocycles. The van der Waals surface area contributed by atoms with Crippen LogP contribution in [0, 0.1) is 0 Å². The highest BCUT2D eigenvalue weighted by Crippen LogP contribution is 2.58. The molecule has 1 spiro atoms. The van der Waals surface area contributed by atoms with E-state index >= 15 is 0 Å². The number of fused-ring (bicyclic) bond motifs is 7. The fourth-order valence-electron chi connectivity index (χ4n) is 6.85. The van der Waals surface area contributed by atoms with E-state index < -0.39 is 0 Å². The van der Waals surface area contributed by atoms with Gasteiger partial charge in [0.15, 0.2) is 0 Å². The van der Waals surface area contributed by atoms with E-state index in [4.69, 9.17) is 5.73 Å². The van der Waals surface area contributed by atoms with Crippen molar-refractivity contribution in [2.45, 2.75) is 58.8 Å². The quantitative estimate of drug-likeness (QED) is 0.201. The lowest BCUT2D eigenvalue weighted by molar-refractivity contribution is 0.550. The summed E-state index contributed by atoms with van der Waals surface area (Å²) >= 11 is 0. The Bertz CT molecular complexity index is 1800. The molecule has 0 unspecified atom stereocenters. The van der Waals surface area contributed by atoms with Crippen LogP contribution in [0.1, 0.15) is 64.5 Å². The van der Waals surface area contributed by atoms with E-state index in [9.17, 15) is 0 Å². The fourth-order valence-corrected chi connectivity index (χ4v) is 6.85. The molecule has 0 aliphatic heterocycles. The number of hydrogen-bond donors (Lipinski definition) is 2. The molecule has 0 saturated heterocycles. The number of nitrogen functional groups attached to an aromatic ring is 1. The van der Waals surface area contributed by atoms with Gasteiger partial charge in [-0.2, -0.15) is 0 Å². The van der Waals surface area contributed by atoms with Gasteiger partial charge in [-0.25, -0.2) is 0 Å². The van der Waals surface area contributed by atoms with E-state index in [1.165, 1.54) is 70.0 Å². The molecule has 1 fully saturated rings. The van der Waals surface area contributed by atoms with Crippen LogP contribution in [0.2, 0.25) is 0 Å². The zero-order valence-electron chi connectivity index (χ0n) is 27.2. The molecule has 228 valence electrons. The van der Waals surface area contributed by atoms with Gasteiger partial charge in [-0.3, -0.25) is 0 Å². The smallest absolute Gasteiger partial charge is 0.0387 e. The summed E-state index contributed by atoms with van der Waals surface area (Å²) in [6.07, 6.45) is 5.17. The zero-order chi connectivity index (χ0) is 31.6. The van der Waals surface area contributed by atoms with Crippen LogP contribution in [-0.4, -0.2) is 0 Å². The topological polar surface area (TPSA) is 38.0 Å². The molecule has 0 bridgehead atoms. The summed E-state index contributed by atoms with van der Waals surface area (Å²) < 4.78 is 0. The molecule has 1 saturated carbocycles. The number of nitrogens with one attached hydrogen (secondary N) is 1. The minimum atomic E-state index is 0.197. The van der Waals surface area contributed by atoms with Gasteiger partial charge in [-0.15, -0.1) is 0 Å². The number of anilines is 3. The van der Waals surface area contributed by atoms with Gasteiger partial charge in [0.2, 0.25) is 0 Å². The Morgan fingerprint density at radius 2 is 1.13 bits per heavy atom. The normalized spacial score (nSPS) is 13.2. The molecule has 2 heteroatoms. The predicted molar refractivity (Wildman–Crippen MR) is 197 cm³/mol. The van der Waals surface area contributed by atoms with Crippen molar-refractivity contribution in [2.24, 2.45) is 0 Å². The van der Waals surface area contributed by atoms with Crippen molar-refractivity contribution in [3.05, 3.63) is 151 Å². The van der Waals surface area contributed by atoms with Crippen LogP contribution in [0.25, 0.3) is 33.0 Å². The maximum atomic E-state index is 5.60. The molecule has 0 radical (unpaired) electrons. The SMILES string of the molecule is CC.CC.Nc1ccc(-c2ccccc2)cc1.c1ccc(Nc2ccc3c(c2)C2(CCCC2)c2ccc4ccccc4c2-3)cc1. The van der Waals surface area contributed by atoms with Crippen molar-refractivity contribution in [3.8, 4) is 22.3 Å². The molecule has 2 aliphatic rings. The Kier molecular flexibility index (Phi) is 10.4. The average molecular weight is 591 g/mol. The van der Waals surface area contributed by atoms with Gasteiger partial charge in [0.05, 0.1) is 0 Å². The van der Waals surface area contributed by atoms with E-state index in [1.54, 1.807) is 5.56 Å². The average Bonchev–Trinajstić information content (AvgIpc) is 3.72. The van der Waals surface area contributed by atoms with Crippen molar-refractivity contribution >= 4 is 27.8 Å². The first-order chi connectivity index (χ1) is 22.2. The highest BCUT2D eigenvalue weighted by molar-refractivity contribution is 6.03. The van der Waals surface area contributed by atoms with Crippen molar-refractivity contribution in [1.82, 2.24) is 0 Å². The van der Waals surface area contributed by atoms with Crippen molar-refractivity contribution in [2.75, 3.05) is 11.1 Å². The van der Waals surface area contributed by atoms with Gasteiger partial charge >= 0.3 is 0 Å². The van der Waals surface area contributed by atoms with E-state index in [2.05, 4.69) is 102 Å². The Hall–Kier alpha value is -4.82. The second kappa shape index (κ2) is 14.8. The Labute approximate surface area is 270 Å². The van der Waals surface area contributed by atoms with Crippen LogP contribution in [0.4, 0.5) is 17.1 Å². The van der Waals surface area contributed by atoms with Crippen LogP contribution in [0.3, 0.4) is 0 Å². The Morgan fingerprint density at radius 3 is 1.82 bits per heavy atom. The van der Waals surface area contributed by atoms with Gasteiger partial charge in [-0.1, -0.05) is 144 Å². The van der Waals surface area contributed by atoms with Crippen LogP contribution in [0.5, 0.6) is 0 Å². The summed E-state index contributed by atoms with van der Waals surface area (Å²) in [5, 5.41) is 6.34. The first kappa shape index (κ1) is 31.6. The molecule has 0 amide bonds. The second-order valence-corrected chi connectivity index (χ2v) is 11.2. The van der Waals surface area contributed by atoms with Crippen molar-refractivity contribution < 1.29 is 0 Å². The van der Waals surface area contributed by atoms with Crippen molar-refractivity contribution in [3.63, 3.8) is 0 Å². The minimum absolute atomic E-state index is 0.197. The summed E-state index contributed by atoms with van der Waals surface area (Å²) in [5.74, 6) is 0. The third-order valence-corrected chi connectivity index (χ3v) is 8.79. The Morgan fingerprint density at radius 1 is 0.533 bits per heavy atom. The summed E-state index contributed by atoms with van der Waals surface area (Å²) in [5.41, 5.74) is 17.4. The van der Waals surface area contributed by atoms with E-state index in [-0.39, 0.29) is 5.41 Å². The van der Waals surface area contributed by atoms with Gasteiger partial charge in [0.1, 0.15) is 0 Å². The lowest BCUT2D eigenvalue weighted by atomic mass is 9.76. The molecule has 0 atom stereocenters. The van der Waals surface area contributed by atoms with Crippen LogP contribution >= 0.6 is 0 Å². The summed E-state index contributed by atoms with van der Waals surface area (Å²) in [7, 11) is 0. The molecule has 8 rings (SSSR count). The van der Waals surface area contributed by atoms with Crippen LogP contribution < -0.4 is 11.1 Å². The van der Waals surface area contributed by atoms with Gasteiger partial charge in [0, 0.05) is 22.5 Å². The molecule has 2 nitrogen and oxygen atoms in total. The predicted octanol–water partition coefficient (Wildman–Crippen LogP) is 12.4. The third-order valence-electron chi connectivity index (χ3n) is 8.79. The van der Waals surface area contributed by atoms with Gasteiger partial charge in [0.25, 0.3) is 0 Å². The zero-order valence-corrected chi connectivity index (χ0v) is 27.2. The molecule has 0 aromatic heterocycles. The lowest BCUT2D eigenvalue weighted by Crippen LogP contribution is -2.20. The number of rotatable bonds is 3. The molecular weight excluding hydrogens is 544 g/mol. The maximum absolute atomic E-state index is 5.60. The minimum Gasteiger partial charge on any atom is -0.399 e. The monoisotopic (exact) mass is 590 g/mol. The molecular formula is C43H46N2. The lowest BCUT2D eigenvalue weighted by Gasteiger charge is -2.27. The molecule has 2 aliphatic carbocycles. The summed E-state index contributed by atoms with van der Waals surface area (Å²) in [6.45, 7) is 8.00. The Balaban J connectivity index is 0.000000198. The largest absolute Gasteiger partial charge is 0.399 e. The van der Waals surface area contributed by atoms with Gasteiger partial charge in [-0.05, 0) is 93.4 Å². The van der Waals surface area contributed by atoms with E-state index in [1.807, 2.05) is 70.2 Å². The fraction of sp³-hybridized carbons (Fsp3) is 0.209. The number of benzene rings is 6. The van der Waals surface area contributed by atoms with E-state index in [0.717, 1.165) is 11.4 Å². The standard InChI is InChI=1S/C27H23N.C12H11N.2C2H6/c1-2-9-20(10-3-1)28-21-13-14-23-25(18-21)27(16-6-7-17-27)24-15-12-19-8-4-5-11-22(19)26(23)24;13-12-8-6-11(7-9-12)10-4-2-1-3-5-10;2*1-2/h1-5,8-15,18,28H,6-7,16-17H2;1-9H,13H2;2*1-2H3. The molecule has 6 aromatic rings. The van der Waals surface area contributed by atoms with Crippen LogP contribution in [0.15, 0.2) is 140 Å². The van der Waals surface area contributed by atoms with Crippen LogP contribution in [-0.2, 0) is 5.41 Å². The summed E-state index contributed by atoms with van der Waals surface area (Å²) in [6, 6.07) is 49.2. The molecule has 6 aromatic carbocycles.